The highest BCUT2D eigenvalue weighted by atomic mass is 19.1. The van der Waals surface area contributed by atoms with Crippen LogP contribution in [0, 0.1) is 5.82 Å². The van der Waals surface area contributed by atoms with Crippen molar-refractivity contribution in [2.45, 2.75) is 39.0 Å². The first-order valence-corrected chi connectivity index (χ1v) is 10.2. The number of halogens is 1. The van der Waals surface area contributed by atoms with Gasteiger partial charge in [-0.1, -0.05) is 56.9 Å². The lowest BCUT2D eigenvalue weighted by molar-refractivity contribution is -0.131. The molecule has 6 heteroatoms. The van der Waals surface area contributed by atoms with E-state index in [1.807, 2.05) is 0 Å². The topological polar surface area (TPSA) is 69.6 Å². The number of anilines is 1. The molecule has 0 saturated carbocycles. The number of urea groups is 1. The molecule has 0 aliphatic rings. The van der Waals surface area contributed by atoms with Gasteiger partial charge < -0.3 is 10.4 Å². The largest absolute Gasteiger partial charge is 0.478 e. The number of nitrogens with zero attached hydrogens (tertiary/aromatic N) is 1. The molecule has 0 unspecified atom stereocenters. The van der Waals surface area contributed by atoms with E-state index in [2.05, 4.69) is 12.2 Å². The third-order valence-electron chi connectivity index (χ3n) is 4.82. The van der Waals surface area contributed by atoms with Crippen LogP contribution >= 0.6 is 0 Å². The Balaban J connectivity index is 2.05. The van der Waals surface area contributed by atoms with Crippen molar-refractivity contribution in [2.75, 3.05) is 18.5 Å². The molecular weight excluding hydrogens is 383 g/mol. The highest BCUT2D eigenvalue weighted by Crippen LogP contribution is 2.27. The molecule has 30 heavy (non-hydrogen) atoms. The minimum absolute atomic E-state index is 0.197. The maximum atomic E-state index is 14.6. The monoisotopic (exact) mass is 412 g/mol. The van der Waals surface area contributed by atoms with Gasteiger partial charge in [-0.3, -0.25) is 4.90 Å². The van der Waals surface area contributed by atoms with Crippen LogP contribution in [0.15, 0.2) is 48.5 Å². The van der Waals surface area contributed by atoms with Crippen molar-refractivity contribution in [3.05, 3.63) is 59.9 Å². The van der Waals surface area contributed by atoms with Crippen molar-refractivity contribution in [3.63, 3.8) is 0 Å². The van der Waals surface area contributed by atoms with Gasteiger partial charge in [0.25, 0.3) is 0 Å². The number of aliphatic carboxylic acids is 1. The van der Waals surface area contributed by atoms with Crippen molar-refractivity contribution in [1.29, 1.82) is 0 Å². The smallest absolute Gasteiger partial charge is 0.328 e. The highest BCUT2D eigenvalue weighted by Gasteiger charge is 2.12. The van der Waals surface area contributed by atoms with Gasteiger partial charge in [0.1, 0.15) is 5.82 Å². The number of carboxylic acids is 1. The molecule has 0 radical (unpaired) electrons. The van der Waals surface area contributed by atoms with Crippen molar-refractivity contribution < 1.29 is 19.1 Å². The number of carbonyl (C=O) groups excluding carboxylic acids is 1. The fraction of sp³-hybridized carbons (Fsp3) is 0.333. The first-order chi connectivity index (χ1) is 14.4. The van der Waals surface area contributed by atoms with Crippen LogP contribution < -0.4 is 10.2 Å². The molecule has 2 rings (SSSR count). The summed E-state index contributed by atoms with van der Waals surface area (Å²) in [4.78, 5) is 24.5. The molecule has 0 aromatic heterocycles. The lowest BCUT2D eigenvalue weighted by Crippen LogP contribution is -2.37. The Bertz CT molecular complexity index is 896. The van der Waals surface area contributed by atoms with E-state index in [1.165, 1.54) is 36.3 Å². The van der Waals surface area contributed by atoms with Crippen LogP contribution in [0.4, 0.5) is 14.9 Å². The van der Waals surface area contributed by atoms with E-state index in [0.29, 0.717) is 28.9 Å². The lowest BCUT2D eigenvalue weighted by Gasteiger charge is -2.19. The van der Waals surface area contributed by atoms with Gasteiger partial charge >= 0.3 is 12.0 Å². The molecule has 2 aromatic carbocycles. The zero-order valence-corrected chi connectivity index (χ0v) is 17.5. The number of rotatable bonds is 10. The second kappa shape index (κ2) is 11.8. The van der Waals surface area contributed by atoms with Gasteiger partial charge in [-0.15, -0.1) is 0 Å². The maximum absolute atomic E-state index is 14.6. The van der Waals surface area contributed by atoms with Gasteiger partial charge in [-0.2, -0.15) is 0 Å². The Labute approximate surface area is 177 Å². The van der Waals surface area contributed by atoms with Crippen molar-refractivity contribution in [2.24, 2.45) is 0 Å². The number of carbonyl (C=O) groups is 2. The number of benzene rings is 2. The van der Waals surface area contributed by atoms with Crippen LogP contribution in [0.5, 0.6) is 0 Å². The quantitative estimate of drug-likeness (QED) is 0.388. The van der Waals surface area contributed by atoms with Crippen LogP contribution in [0.2, 0.25) is 0 Å². The summed E-state index contributed by atoms with van der Waals surface area (Å²) in [5.74, 6) is -1.55. The van der Waals surface area contributed by atoms with Gasteiger partial charge in [0.2, 0.25) is 0 Å². The number of carboxylic acid groups (broad SMARTS) is 1. The summed E-state index contributed by atoms with van der Waals surface area (Å²) in [6.07, 6.45) is 7.94. The molecule has 0 aliphatic heterocycles. The van der Waals surface area contributed by atoms with Gasteiger partial charge in [0.15, 0.2) is 0 Å². The molecule has 0 spiro atoms. The summed E-state index contributed by atoms with van der Waals surface area (Å²) < 4.78 is 14.6. The summed E-state index contributed by atoms with van der Waals surface area (Å²) in [5, 5.41) is 11.6. The molecule has 5 nitrogen and oxygen atoms in total. The summed E-state index contributed by atoms with van der Waals surface area (Å²) in [6, 6.07) is 11.4. The van der Waals surface area contributed by atoms with Gasteiger partial charge in [-0.25, -0.2) is 14.0 Å². The predicted molar refractivity (Wildman–Crippen MR) is 119 cm³/mol. The second-order valence-electron chi connectivity index (χ2n) is 7.17. The molecule has 2 N–H and O–H groups in total. The summed E-state index contributed by atoms with van der Waals surface area (Å²) >= 11 is 0. The van der Waals surface area contributed by atoms with Gasteiger partial charge in [0.05, 0.1) is 0 Å². The number of unbranched alkanes of at least 4 members (excludes halogenated alkanes) is 4. The van der Waals surface area contributed by atoms with Crippen LogP contribution in [0.25, 0.3) is 17.2 Å². The number of amides is 2. The minimum atomic E-state index is -1.09. The SMILES string of the molecule is CCCCCCCNC(=O)N(C)c1cccc(-c2ccc(C=CC(=O)O)cc2F)c1. The van der Waals surface area contributed by atoms with Crippen molar-refractivity contribution in [1.82, 2.24) is 5.32 Å². The van der Waals surface area contributed by atoms with Gasteiger partial charge in [0, 0.05) is 30.9 Å². The van der Waals surface area contributed by atoms with Gasteiger partial charge in [-0.05, 0) is 41.8 Å². The zero-order chi connectivity index (χ0) is 21.9. The fourth-order valence-electron chi connectivity index (χ4n) is 3.08. The fourth-order valence-corrected chi connectivity index (χ4v) is 3.08. The van der Waals surface area contributed by atoms with E-state index in [0.717, 1.165) is 18.9 Å². The molecule has 0 fully saturated rings. The average molecular weight is 413 g/mol. The Morgan fingerprint density at radius 1 is 1.10 bits per heavy atom. The number of hydrogen-bond donors (Lipinski definition) is 2. The minimum Gasteiger partial charge on any atom is -0.478 e. The summed E-state index contributed by atoms with van der Waals surface area (Å²) in [6.45, 7) is 2.80. The molecule has 0 heterocycles. The van der Waals surface area contributed by atoms with Crippen LogP contribution in [0.3, 0.4) is 0 Å². The standard InChI is InChI=1S/C24H29FN2O3/c1-3-4-5-6-7-15-26-24(30)27(2)20-10-8-9-19(17-20)21-13-11-18(16-22(21)25)12-14-23(28)29/h8-14,16-17H,3-7,15H2,1-2H3,(H,26,30)(H,28,29). The molecule has 2 amide bonds. The normalized spacial score (nSPS) is 10.9. The molecule has 0 atom stereocenters. The molecule has 0 aliphatic carbocycles. The Morgan fingerprint density at radius 3 is 2.57 bits per heavy atom. The summed E-state index contributed by atoms with van der Waals surface area (Å²) in [7, 11) is 1.68. The zero-order valence-electron chi connectivity index (χ0n) is 17.5. The van der Waals surface area contributed by atoms with Crippen LogP contribution in [-0.4, -0.2) is 30.7 Å². The number of nitrogens with one attached hydrogen (secondary N) is 1. The van der Waals surface area contributed by atoms with E-state index >= 15 is 0 Å². The van der Waals surface area contributed by atoms with E-state index in [9.17, 15) is 14.0 Å². The second-order valence-corrected chi connectivity index (χ2v) is 7.17. The first-order valence-electron chi connectivity index (χ1n) is 10.2. The lowest BCUT2D eigenvalue weighted by atomic mass is 10.0. The average Bonchev–Trinajstić information content (AvgIpc) is 2.74. The third-order valence-corrected chi connectivity index (χ3v) is 4.82. The third kappa shape index (κ3) is 7.03. The summed E-state index contributed by atoms with van der Waals surface area (Å²) in [5.41, 5.74) is 2.14. The van der Waals surface area contributed by atoms with Crippen molar-refractivity contribution in [3.8, 4) is 11.1 Å². The number of hydrogen-bond acceptors (Lipinski definition) is 2. The Hall–Kier alpha value is -3.15. The van der Waals surface area contributed by atoms with E-state index in [1.54, 1.807) is 43.4 Å². The molecule has 2 aromatic rings. The molecule has 0 saturated heterocycles. The first kappa shape index (κ1) is 23.1. The highest BCUT2D eigenvalue weighted by molar-refractivity contribution is 5.92. The van der Waals surface area contributed by atoms with E-state index in [-0.39, 0.29) is 6.03 Å². The predicted octanol–water partition coefficient (Wildman–Crippen LogP) is 5.71. The van der Waals surface area contributed by atoms with Crippen LogP contribution in [-0.2, 0) is 4.79 Å². The molecule has 160 valence electrons. The van der Waals surface area contributed by atoms with Crippen LogP contribution in [0.1, 0.15) is 44.6 Å². The Kier molecular flexibility index (Phi) is 9.06. The molecule has 0 bridgehead atoms. The molecular formula is C24H29FN2O3. The Morgan fingerprint density at radius 2 is 1.87 bits per heavy atom. The maximum Gasteiger partial charge on any atom is 0.328 e. The van der Waals surface area contributed by atoms with E-state index in [4.69, 9.17) is 5.11 Å². The van der Waals surface area contributed by atoms with E-state index < -0.39 is 11.8 Å². The van der Waals surface area contributed by atoms with Crippen molar-refractivity contribution >= 4 is 23.8 Å².